The first kappa shape index (κ1) is 36.7. The van der Waals surface area contributed by atoms with E-state index in [1.807, 2.05) is 43.3 Å². The molecule has 0 spiro atoms. The van der Waals surface area contributed by atoms with Crippen LogP contribution in [0.2, 0.25) is 0 Å². The van der Waals surface area contributed by atoms with Gasteiger partial charge in [-0.1, -0.05) is 123 Å². The minimum atomic E-state index is -0.402. The van der Waals surface area contributed by atoms with Crippen molar-refractivity contribution in [1.29, 1.82) is 10.8 Å². The summed E-state index contributed by atoms with van der Waals surface area (Å²) in [5.74, 6) is -0.799. The molecule has 4 rings (SSSR count). The van der Waals surface area contributed by atoms with Crippen molar-refractivity contribution in [3.8, 4) is 0 Å². The Morgan fingerprint density at radius 2 is 0.927 bits per heavy atom. The zero-order valence-corrected chi connectivity index (χ0v) is 29.3. The molecule has 0 aliphatic carbocycles. The number of rotatable bonds is 4. The smallest absolute Gasteiger partial charge is 0.248 e. The van der Waals surface area contributed by atoms with Gasteiger partial charge in [0.15, 0.2) is 0 Å². The van der Waals surface area contributed by atoms with Crippen molar-refractivity contribution < 1.29 is 9.59 Å². The summed E-state index contributed by atoms with van der Waals surface area (Å²) in [6, 6.07) is 26.9. The quantitative estimate of drug-likeness (QED) is 0.152. The Kier molecular flexibility index (Phi) is 17.0. The monoisotopic (exact) mass is 846 g/mol. The molecule has 0 atom stereocenters. The molecule has 0 fully saturated rings. The Balaban J connectivity index is 0.000000274. The van der Waals surface area contributed by atoms with Crippen molar-refractivity contribution in [3.05, 3.63) is 137 Å². The fraction of sp³-hybridized carbons (Fsp3) is 0.0345. The molecule has 214 valence electrons. The molecule has 4 aromatic carbocycles. The summed E-state index contributed by atoms with van der Waals surface area (Å²) in [4.78, 5) is 21.2. The van der Waals surface area contributed by atoms with Gasteiger partial charge in [-0.2, -0.15) is 0 Å². The van der Waals surface area contributed by atoms with Crippen LogP contribution in [-0.2, 0) is 0 Å². The van der Waals surface area contributed by atoms with Crippen molar-refractivity contribution in [2.24, 2.45) is 11.5 Å². The Morgan fingerprint density at radius 1 is 0.585 bits per heavy atom. The first-order valence-electron chi connectivity index (χ1n) is 11.3. The molecule has 0 aliphatic rings. The SMILES string of the molecule is Cc1ccc(C(N)=O)cc1Br.N=C(Cl)c1cccc(Br)c1.N=C(Cl)c1cccc(Br)c1.NC(=O)c1cccc(Br)c1. The number of nitrogens with two attached hydrogens (primary N) is 2. The highest BCUT2D eigenvalue weighted by molar-refractivity contribution is 9.11. The Morgan fingerprint density at radius 3 is 1.20 bits per heavy atom. The average molecular weight is 851 g/mol. The van der Waals surface area contributed by atoms with E-state index in [4.69, 9.17) is 45.5 Å². The zero-order chi connectivity index (χ0) is 31.1. The van der Waals surface area contributed by atoms with Gasteiger partial charge >= 0.3 is 0 Å². The standard InChI is InChI=1S/C8H8BrNO.2C7H5BrClN.C7H6BrNO/c1-5-2-3-6(8(10)11)4-7(5)9;3*8-6-3-1-2-5(4-6)7(9)10/h2-4H,1H3,(H2,10,11);2*1-4,10H;1-4H,(H2,9,10). The van der Waals surface area contributed by atoms with E-state index in [-0.39, 0.29) is 10.3 Å². The highest BCUT2D eigenvalue weighted by Crippen LogP contribution is 2.17. The molecule has 0 heterocycles. The number of benzene rings is 4. The van der Waals surface area contributed by atoms with Gasteiger partial charge in [-0.15, -0.1) is 0 Å². The Labute approximate surface area is 282 Å². The fourth-order valence-corrected chi connectivity index (χ4v) is 4.45. The van der Waals surface area contributed by atoms with Crippen LogP contribution in [-0.4, -0.2) is 22.2 Å². The lowest BCUT2D eigenvalue weighted by Crippen LogP contribution is -2.10. The summed E-state index contributed by atoms with van der Waals surface area (Å²) in [6.45, 7) is 1.95. The van der Waals surface area contributed by atoms with Crippen LogP contribution in [0, 0.1) is 17.7 Å². The zero-order valence-electron chi connectivity index (χ0n) is 21.4. The predicted octanol–water partition coefficient (Wildman–Crippen LogP) is 9.43. The summed E-state index contributed by atoms with van der Waals surface area (Å²) < 4.78 is 3.66. The Hall–Kier alpha value is -2.34. The molecule has 0 saturated heterocycles. The number of amides is 2. The minimum absolute atomic E-state index is 0.0706. The fourth-order valence-electron chi connectivity index (χ4n) is 2.64. The van der Waals surface area contributed by atoms with Gasteiger partial charge in [0.1, 0.15) is 10.3 Å². The molecule has 41 heavy (non-hydrogen) atoms. The van der Waals surface area contributed by atoms with E-state index in [9.17, 15) is 9.59 Å². The molecule has 0 saturated carbocycles. The lowest BCUT2D eigenvalue weighted by molar-refractivity contribution is 0.0992. The molecule has 0 aromatic heterocycles. The molecule has 0 aliphatic heterocycles. The summed E-state index contributed by atoms with van der Waals surface area (Å²) in [5.41, 5.74) is 13.7. The third-order valence-corrected chi connectivity index (χ3v) is 7.49. The van der Waals surface area contributed by atoms with Gasteiger partial charge in [0.2, 0.25) is 11.8 Å². The largest absolute Gasteiger partial charge is 0.366 e. The van der Waals surface area contributed by atoms with Gasteiger partial charge < -0.3 is 11.5 Å². The van der Waals surface area contributed by atoms with Crippen molar-refractivity contribution in [1.82, 2.24) is 0 Å². The van der Waals surface area contributed by atoms with Crippen LogP contribution in [0.15, 0.2) is 109 Å². The average Bonchev–Trinajstić information content (AvgIpc) is 2.91. The van der Waals surface area contributed by atoms with Crippen molar-refractivity contribution in [2.45, 2.75) is 6.92 Å². The molecule has 4 aromatic rings. The van der Waals surface area contributed by atoms with Crippen molar-refractivity contribution in [3.63, 3.8) is 0 Å². The third-order valence-electron chi connectivity index (χ3n) is 4.72. The molecule has 6 nitrogen and oxygen atoms in total. The number of hydrogen-bond donors (Lipinski definition) is 4. The number of halogens is 6. The van der Waals surface area contributed by atoms with Crippen LogP contribution >= 0.6 is 86.9 Å². The maximum Gasteiger partial charge on any atom is 0.248 e. The van der Waals surface area contributed by atoms with Crippen LogP contribution in [0.1, 0.15) is 37.4 Å². The first-order valence-corrected chi connectivity index (χ1v) is 15.2. The molecule has 6 N–H and O–H groups in total. The number of hydrogen-bond acceptors (Lipinski definition) is 4. The van der Waals surface area contributed by atoms with E-state index in [0.29, 0.717) is 11.1 Å². The summed E-state index contributed by atoms with van der Waals surface area (Å²) in [7, 11) is 0. The minimum Gasteiger partial charge on any atom is -0.366 e. The van der Waals surface area contributed by atoms with E-state index < -0.39 is 11.8 Å². The number of aryl methyl sites for hydroxylation is 1. The highest BCUT2D eigenvalue weighted by Gasteiger charge is 2.01. The number of carbonyl (C=O) groups excluding carboxylic acids is 2. The first-order chi connectivity index (χ1) is 19.2. The van der Waals surface area contributed by atoms with Crippen LogP contribution in [0.3, 0.4) is 0 Å². The topological polar surface area (TPSA) is 134 Å². The third kappa shape index (κ3) is 14.9. The normalized spacial score (nSPS) is 9.44. The van der Waals surface area contributed by atoms with Crippen LogP contribution < -0.4 is 11.5 Å². The van der Waals surface area contributed by atoms with Gasteiger partial charge in [-0.05, 0) is 67.1 Å². The molecule has 2 amide bonds. The molecule has 12 heteroatoms. The van der Waals surface area contributed by atoms with Gasteiger partial charge in [0.05, 0.1) is 0 Å². The highest BCUT2D eigenvalue weighted by atomic mass is 79.9. The lowest BCUT2D eigenvalue weighted by atomic mass is 10.1. The summed E-state index contributed by atoms with van der Waals surface area (Å²) >= 11 is 24.0. The molecule has 0 radical (unpaired) electrons. The van der Waals surface area contributed by atoms with Crippen LogP contribution in [0.25, 0.3) is 0 Å². The molecule has 0 bridgehead atoms. The van der Waals surface area contributed by atoms with E-state index in [0.717, 1.165) is 34.6 Å². The lowest BCUT2D eigenvalue weighted by Gasteiger charge is -1.98. The second-order valence-corrected chi connectivity index (χ2v) is 12.2. The molecular formula is C29H24Br4Cl2N4O2. The second kappa shape index (κ2) is 19.0. The number of primary amides is 2. The molecule has 0 unspecified atom stereocenters. The number of nitrogens with one attached hydrogen (secondary N) is 2. The van der Waals surface area contributed by atoms with Crippen LogP contribution in [0.4, 0.5) is 0 Å². The van der Waals surface area contributed by atoms with Crippen molar-refractivity contribution in [2.75, 3.05) is 0 Å². The summed E-state index contributed by atoms with van der Waals surface area (Å²) in [5, 5.41) is 14.3. The Bertz CT molecular complexity index is 1400. The predicted molar refractivity (Wildman–Crippen MR) is 184 cm³/mol. The second-order valence-electron chi connectivity index (χ2n) is 7.85. The number of carbonyl (C=O) groups is 2. The summed E-state index contributed by atoms with van der Waals surface area (Å²) in [6.07, 6.45) is 0. The van der Waals surface area contributed by atoms with Gasteiger partial charge in [0.25, 0.3) is 0 Å². The van der Waals surface area contributed by atoms with Crippen LogP contribution in [0.5, 0.6) is 0 Å². The van der Waals surface area contributed by atoms with E-state index >= 15 is 0 Å². The van der Waals surface area contributed by atoms with Crippen molar-refractivity contribution >= 4 is 109 Å². The molecular weight excluding hydrogens is 827 g/mol. The van der Waals surface area contributed by atoms with Gasteiger partial charge in [-0.3, -0.25) is 20.4 Å². The maximum absolute atomic E-state index is 10.7. The van der Waals surface area contributed by atoms with Gasteiger partial charge in [-0.25, -0.2) is 0 Å². The van der Waals surface area contributed by atoms with E-state index in [2.05, 4.69) is 63.7 Å². The van der Waals surface area contributed by atoms with E-state index in [1.54, 1.807) is 54.6 Å². The maximum atomic E-state index is 10.7. The van der Waals surface area contributed by atoms with Gasteiger partial charge in [0, 0.05) is 40.1 Å². The van der Waals surface area contributed by atoms with E-state index in [1.165, 1.54) is 0 Å².